The Labute approximate surface area is 172 Å². The molecule has 150 valence electrons. The number of ether oxygens (including phenoxy) is 1. The SMILES string of the molecule is CCOCCCNC(=S)NCCCNc1nc2cc(C)cc(C)c2cc1C#N. The highest BCUT2D eigenvalue weighted by Gasteiger charge is 2.08. The number of thiocarbonyl (C=S) groups is 1. The largest absolute Gasteiger partial charge is 0.382 e. The maximum absolute atomic E-state index is 9.46. The molecular formula is C21H29N5OS. The number of anilines is 1. The number of nitriles is 1. The molecule has 0 bridgehead atoms. The molecule has 7 heteroatoms. The van der Waals surface area contributed by atoms with Gasteiger partial charge >= 0.3 is 0 Å². The Bertz CT molecular complexity index is 847. The van der Waals surface area contributed by atoms with Gasteiger partial charge in [-0.15, -0.1) is 0 Å². The third kappa shape index (κ3) is 6.63. The molecular weight excluding hydrogens is 370 g/mol. The lowest BCUT2D eigenvalue weighted by molar-refractivity contribution is 0.145. The summed E-state index contributed by atoms with van der Waals surface area (Å²) in [6.45, 7) is 9.83. The standard InChI is InChI=1S/C21H29N5OS/c1-4-27-10-6-9-25-21(28)24-8-5-7-23-20-17(14-22)13-18-16(3)11-15(2)12-19(18)26-20/h11-13H,4-10H2,1-3H3,(H,23,26)(H2,24,25,28). The van der Waals surface area contributed by atoms with Gasteiger partial charge in [0.05, 0.1) is 11.1 Å². The lowest BCUT2D eigenvalue weighted by Crippen LogP contribution is -2.37. The summed E-state index contributed by atoms with van der Waals surface area (Å²) in [6, 6.07) is 8.32. The van der Waals surface area contributed by atoms with Crippen LogP contribution in [-0.4, -0.2) is 42.9 Å². The number of nitrogens with zero attached hydrogens (tertiary/aromatic N) is 2. The highest BCUT2D eigenvalue weighted by Crippen LogP contribution is 2.24. The topological polar surface area (TPSA) is 82.0 Å². The summed E-state index contributed by atoms with van der Waals surface area (Å²) in [5.41, 5.74) is 3.78. The van der Waals surface area contributed by atoms with Crippen molar-refractivity contribution in [1.82, 2.24) is 15.6 Å². The third-order valence-corrected chi connectivity index (χ3v) is 4.58. The maximum Gasteiger partial charge on any atom is 0.166 e. The molecule has 2 rings (SSSR count). The fraction of sp³-hybridized carbons (Fsp3) is 0.476. The second-order valence-corrected chi connectivity index (χ2v) is 7.07. The lowest BCUT2D eigenvalue weighted by atomic mass is 10.0. The number of benzene rings is 1. The van der Waals surface area contributed by atoms with E-state index in [-0.39, 0.29) is 0 Å². The third-order valence-electron chi connectivity index (χ3n) is 4.29. The highest BCUT2D eigenvalue weighted by atomic mass is 32.1. The second-order valence-electron chi connectivity index (χ2n) is 6.66. The van der Waals surface area contributed by atoms with Crippen LogP contribution < -0.4 is 16.0 Å². The first-order valence-corrected chi connectivity index (χ1v) is 10.1. The van der Waals surface area contributed by atoms with E-state index in [1.54, 1.807) is 0 Å². The molecule has 0 saturated carbocycles. The lowest BCUT2D eigenvalue weighted by Gasteiger charge is -2.12. The number of pyridine rings is 1. The highest BCUT2D eigenvalue weighted by molar-refractivity contribution is 7.80. The predicted molar refractivity (Wildman–Crippen MR) is 119 cm³/mol. The number of fused-ring (bicyclic) bond motifs is 1. The Hall–Kier alpha value is -2.43. The van der Waals surface area contributed by atoms with E-state index in [4.69, 9.17) is 17.0 Å². The van der Waals surface area contributed by atoms with Crippen LogP contribution in [0.15, 0.2) is 18.2 Å². The molecule has 0 radical (unpaired) electrons. The average Bonchev–Trinajstić information content (AvgIpc) is 2.67. The molecule has 0 atom stereocenters. The van der Waals surface area contributed by atoms with Crippen molar-refractivity contribution in [3.63, 3.8) is 0 Å². The molecule has 0 fully saturated rings. The van der Waals surface area contributed by atoms with Crippen LogP contribution in [0.5, 0.6) is 0 Å². The summed E-state index contributed by atoms with van der Waals surface area (Å²) >= 11 is 5.25. The van der Waals surface area contributed by atoms with Crippen LogP contribution in [0.2, 0.25) is 0 Å². The molecule has 1 heterocycles. The van der Waals surface area contributed by atoms with Gasteiger partial charge in [-0.05, 0) is 69.1 Å². The van der Waals surface area contributed by atoms with Crippen molar-refractivity contribution in [2.24, 2.45) is 0 Å². The first kappa shape index (κ1) is 21.9. The average molecular weight is 400 g/mol. The molecule has 1 aromatic heterocycles. The number of aromatic nitrogens is 1. The predicted octanol–water partition coefficient (Wildman–Crippen LogP) is 3.42. The van der Waals surface area contributed by atoms with Gasteiger partial charge in [0.1, 0.15) is 11.9 Å². The van der Waals surface area contributed by atoms with Crippen LogP contribution in [0.4, 0.5) is 5.82 Å². The van der Waals surface area contributed by atoms with Crippen LogP contribution in [0.25, 0.3) is 10.9 Å². The van der Waals surface area contributed by atoms with Gasteiger partial charge in [0.15, 0.2) is 5.11 Å². The van der Waals surface area contributed by atoms with Gasteiger partial charge in [-0.1, -0.05) is 6.07 Å². The smallest absolute Gasteiger partial charge is 0.166 e. The summed E-state index contributed by atoms with van der Waals surface area (Å²) in [6.07, 6.45) is 1.79. The van der Waals surface area contributed by atoms with Gasteiger partial charge in [-0.25, -0.2) is 4.98 Å². The monoisotopic (exact) mass is 399 g/mol. The van der Waals surface area contributed by atoms with E-state index in [0.717, 1.165) is 55.6 Å². The number of aryl methyl sites for hydroxylation is 2. The molecule has 6 nitrogen and oxygen atoms in total. The van der Waals surface area contributed by atoms with Crippen molar-refractivity contribution in [3.05, 3.63) is 34.9 Å². The van der Waals surface area contributed by atoms with Gasteiger partial charge in [-0.2, -0.15) is 5.26 Å². The van der Waals surface area contributed by atoms with Crippen molar-refractivity contribution in [2.75, 3.05) is 38.2 Å². The number of hydrogen-bond acceptors (Lipinski definition) is 5. The zero-order chi connectivity index (χ0) is 20.4. The van der Waals surface area contributed by atoms with Crippen LogP contribution in [0, 0.1) is 25.2 Å². The van der Waals surface area contributed by atoms with E-state index in [0.29, 0.717) is 23.0 Å². The van der Waals surface area contributed by atoms with Gasteiger partial charge in [0, 0.05) is 38.2 Å². The van der Waals surface area contributed by atoms with E-state index in [1.165, 1.54) is 5.56 Å². The van der Waals surface area contributed by atoms with Gasteiger partial charge < -0.3 is 20.7 Å². The summed E-state index contributed by atoms with van der Waals surface area (Å²) in [5, 5.41) is 20.8. The van der Waals surface area contributed by atoms with E-state index in [9.17, 15) is 5.26 Å². The molecule has 2 aromatic rings. The number of rotatable bonds is 10. The Morgan fingerprint density at radius 3 is 2.61 bits per heavy atom. The van der Waals surface area contributed by atoms with Crippen LogP contribution >= 0.6 is 12.2 Å². The van der Waals surface area contributed by atoms with Crippen molar-refractivity contribution in [3.8, 4) is 6.07 Å². The van der Waals surface area contributed by atoms with Crippen molar-refractivity contribution in [2.45, 2.75) is 33.6 Å². The van der Waals surface area contributed by atoms with Gasteiger partial charge in [-0.3, -0.25) is 0 Å². The summed E-state index contributed by atoms with van der Waals surface area (Å²) in [7, 11) is 0. The van der Waals surface area contributed by atoms with Gasteiger partial charge in [0.25, 0.3) is 0 Å². The van der Waals surface area contributed by atoms with E-state index >= 15 is 0 Å². The fourth-order valence-corrected chi connectivity index (χ4v) is 3.13. The maximum atomic E-state index is 9.46. The van der Waals surface area contributed by atoms with Gasteiger partial charge in [0.2, 0.25) is 0 Å². The normalized spacial score (nSPS) is 10.5. The number of nitrogens with one attached hydrogen (secondary N) is 3. The van der Waals surface area contributed by atoms with E-state index in [2.05, 4.69) is 40.0 Å². The first-order valence-electron chi connectivity index (χ1n) is 9.70. The summed E-state index contributed by atoms with van der Waals surface area (Å²) in [4.78, 5) is 4.66. The Balaban J connectivity index is 1.79. The molecule has 0 saturated heterocycles. The molecule has 0 aliphatic rings. The zero-order valence-corrected chi connectivity index (χ0v) is 17.7. The number of hydrogen-bond donors (Lipinski definition) is 3. The minimum Gasteiger partial charge on any atom is -0.382 e. The second kappa shape index (κ2) is 11.4. The van der Waals surface area contributed by atoms with Crippen LogP contribution in [-0.2, 0) is 4.74 Å². The molecule has 0 amide bonds. The zero-order valence-electron chi connectivity index (χ0n) is 16.9. The molecule has 0 aliphatic carbocycles. The Morgan fingerprint density at radius 1 is 1.14 bits per heavy atom. The minimum atomic E-state index is 0.568. The minimum absolute atomic E-state index is 0.568. The van der Waals surface area contributed by atoms with Crippen molar-refractivity contribution < 1.29 is 4.74 Å². The van der Waals surface area contributed by atoms with Crippen LogP contribution in [0.3, 0.4) is 0 Å². The summed E-state index contributed by atoms with van der Waals surface area (Å²) in [5.74, 6) is 0.636. The molecule has 28 heavy (non-hydrogen) atoms. The van der Waals surface area contributed by atoms with Crippen molar-refractivity contribution in [1.29, 1.82) is 5.26 Å². The quantitative estimate of drug-likeness (QED) is 0.417. The Kier molecular flexibility index (Phi) is 8.92. The molecule has 3 N–H and O–H groups in total. The molecule has 0 aliphatic heterocycles. The van der Waals surface area contributed by atoms with E-state index in [1.807, 2.05) is 26.0 Å². The van der Waals surface area contributed by atoms with E-state index < -0.39 is 0 Å². The Morgan fingerprint density at radius 2 is 1.89 bits per heavy atom. The molecule has 1 aromatic carbocycles. The fourth-order valence-electron chi connectivity index (χ4n) is 2.93. The summed E-state index contributed by atoms with van der Waals surface area (Å²) < 4.78 is 5.29. The molecule has 0 unspecified atom stereocenters. The van der Waals surface area contributed by atoms with Crippen LogP contribution in [0.1, 0.15) is 36.5 Å². The van der Waals surface area contributed by atoms with Crippen molar-refractivity contribution >= 4 is 34.1 Å². The first-order chi connectivity index (χ1) is 13.5. The molecule has 0 spiro atoms.